The summed E-state index contributed by atoms with van der Waals surface area (Å²) in [6.07, 6.45) is 1.27. The van der Waals surface area contributed by atoms with Gasteiger partial charge in [-0.3, -0.25) is 4.79 Å². The van der Waals surface area contributed by atoms with Crippen molar-refractivity contribution in [2.24, 2.45) is 13.0 Å². The van der Waals surface area contributed by atoms with Gasteiger partial charge in [0.1, 0.15) is 5.82 Å². The number of carbonyl (C=O) groups is 1. The predicted molar refractivity (Wildman–Crippen MR) is 108 cm³/mol. The minimum Gasteiger partial charge on any atom is -0.340 e. The van der Waals surface area contributed by atoms with Gasteiger partial charge in [0.05, 0.1) is 28.1 Å². The predicted octanol–water partition coefficient (Wildman–Crippen LogP) is 2.26. The number of sulfone groups is 1. The molecule has 0 aromatic carbocycles. The number of amides is 1. The Hall–Kier alpha value is -1.10. The molecule has 1 atom stereocenters. The first-order valence-electron chi connectivity index (χ1n) is 8.43. The van der Waals surface area contributed by atoms with E-state index in [9.17, 15) is 13.2 Å². The summed E-state index contributed by atoms with van der Waals surface area (Å²) in [6.45, 7) is 0.525. The summed E-state index contributed by atoms with van der Waals surface area (Å²) in [5.41, 5.74) is 0. The molecule has 1 saturated heterocycles. The summed E-state index contributed by atoms with van der Waals surface area (Å²) in [6, 6.07) is 3.74. The van der Waals surface area contributed by atoms with Crippen molar-refractivity contribution >= 4 is 50.4 Å². The molecule has 11 heteroatoms. The molecule has 0 spiro atoms. The van der Waals surface area contributed by atoms with Crippen molar-refractivity contribution in [1.82, 2.24) is 19.7 Å². The minimum absolute atomic E-state index is 0.00374. The van der Waals surface area contributed by atoms with Gasteiger partial charge in [-0.15, -0.1) is 21.5 Å². The summed E-state index contributed by atoms with van der Waals surface area (Å²) in [7, 11) is 0.716. The molecule has 0 N–H and O–H groups in total. The van der Waals surface area contributed by atoms with E-state index < -0.39 is 9.84 Å². The maximum atomic E-state index is 12.3. The van der Waals surface area contributed by atoms with E-state index in [4.69, 9.17) is 11.6 Å². The maximum absolute atomic E-state index is 12.3. The molecular formula is C16H21ClN4O3S3. The summed E-state index contributed by atoms with van der Waals surface area (Å²) in [5, 5.41) is 8.99. The highest BCUT2D eigenvalue weighted by Crippen LogP contribution is 2.25. The fraction of sp³-hybridized carbons (Fsp3) is 0.562. The summed E-state index contributed by atoms with van der Waals surface area (Å²) < 4.78 is 25.8. The first kappa shape index (κ1) is 20.6. The van der Waals surface area contributed by atoms with Crippen LogP contribution in [0.1, 0.15) is 17.1 Å². The fourth-order valence-electron chi connectivity index (χ4n) is 2.93. The van der Waals surface area contributed by atoms with Gasteiger partial charge in [-0.25, -0.2) is 8.42 Å². The molecule has 0 bridgehead atoms. The van der Waals surface area contributed by atoms with Crippen molar-refractivity contribution in [1.29, 1.82) is 0 Å². The van der Waals surface area contributed by atoms with Crippen LogP contribution in [0.3, 0.4) is 0 Å². The molecule has 2 aromatic heterocycles. The van der Waals surface area contributed by atoms with Gasteiger partial charge in [-0.1, -0.05) is 23.4 Å². The van der Waals surface area contributed by atoms with Crippen LogP contribution < -0.4 is 0 Å². The standard InChI is InChI=1S/C16H21ClN4O3S3/c1-20(8-12-3-4-13(17)26-12)15(22)9-25-16-19-18-14(21(16)2)7-11-5-6-27(23,24)10-11/h3-4,11H,5-10H2,1-2H3/t11-/m0/s1. The lowest BCUT2D eigenvalue weighted by Gasteiger charge is -2.15. The van der Waals surface area contributed by atoms with Crippen LogP contribution in [0.2, 0.25) is 4.34 Å². The zero-order chi connectivity index (χ0) is 19.6. The Labute approximate surface area is 172 Å². The largest absolute Gasteiger partial charge is 0.340 e. The van der Waals surface area contributed by atoms with Crippen molar-refractivity contribution in [3.63, 3.8) is 0 Å². The van der Waals surface area contributed by atoms with Gasteiger partial charge >= 0.3 is 0 Å². The molecule has 3 heterocycles. The Morgan fingerprint density at radius 2 is 2.22 bits per heavy atom. The van der Waals surface area contributed by atoms with Crippen molar-refractivity contribution < 1.29 is 13.2 Å². The number of carbonyl (C=O) groups excluding carboxylic acids is 1. The van der Waals surface area contributed by atoms with Crippen LogP contribution >= 0.6 is 34.7 Å². The van der Waals surface area contributed by atoms with E-state index in [1.165, 1.54) is 23.1 Å². The Bertz CT molecular complexity index is 925. The van der Waals surface area contributed by atoms with Crippen LogP contribution in [0, 0.1) is 5.92 Å². The van der Waals surface area contributed by atoms with Gasteiger partial charge in [-0.2, -0.15) is 0 Å². The van der Waals surface area contributed by atoms with E-state index in [-0.39, 0.29) is 29.1 Å². The first-order chi connectivity index (χ1) is 12.7. The molecule has 1 aliphatic heterocycles. The number of rotatable bonds is 7. The van der Waals surface area contributed by atoms with E-state index in [1.807, 2.05) is 23.7 Å². The van der Waals surface area contributed by atoms with Gasteiger partial charge in [-0.05, 0) is 24.5 Å². The highest BCUT2D eigenvalue weighted by Gasteiger charge is 2.29. The zero-order valence-electron chi connectivity index (χ0n) is 15.1. The van der Waals surface area contributed by atoms with Gasteiger partial charge < -0.3 is 9.47 Å². The van der Waals surface area contributed by atoms with Crippen LogP contribution in [-0.4, -0.2) is 58.3 Å². The second-order valence-corrected chi connectivity index (χ2v) is 11.6. The average Bonchev–Trinajstić information content (AvgIpc) is 3.26. The molecule has 3 rings (SSSR count). The lowest BCUT2D eigenvalue weighted by molar-refractivity contribution is -0.127. The van der Waals surface area contributed by atoms with Crippen LogP contribution in [-0.2, 0) is 34.6 Å². The molecule has 27 heavy (non-hydrogen) atoms. The zero-order valence-corrected chi connectivity index (χ0v) is 18.3. The molecule has 0 aliphatic carbocycles. The van der Waals surface area contributed by atoms with Crippen molar-refractivity contribution in [3.05, 3.63) is 27.2 Å². The number of thiophene rings is 1. The summed E-state index contributed by atoms with van der Waals surface area (Å²) >= 11 is 8.72. The SMILES string of the molecule is CN(Cc1ccc(Cl)s1)C(=O)CSc1nnc(C[C@@H]2CCS(=O)(=O)C2)n1C. The van der Waals surface area contributed by atoms with Crippen molar-refractivity contribution in [3.8, 4) is 0 Å². The molecule has 1 amide bonds. The number of hydrogen-bond donors (Lipinski definition) is 0. The van der Waals surface area contributed by atoms with Gasteiger partial charge in [0.25, 0.3) is 0 Å². The van der Waals surface area contributed by atoms with Gasteiger partial charge in [0, 0.05) is 25.4 Å². The fourth-order valence-corrected chi connectivity index (χ4v) is 6.81. The molecule has 0 unspecified atom stereocenters. The molecular weight excluding hydrogens is 428 g/mol. The third-order valence-electron chi connectivity index (χ3n) is 4.50. The Kier molecular flexibility index (Phi) is 6.50. The third kappa shape index (κ3) is 5.46. The van der Waals surface area contributed by atoms with E-state index in [0.29, 0.717) is 28.9 Å². The number of halogens is 1. The lowest BCUT2D eigenvalue weighted by Crippen LogP contribution is -2.27. The normalized spacial score (nSPS) is 18.7. The first-order valence-corrected chi connectivity index (χ1v) is 12.4. The van der Waals surface area contributed by atoms with E-state index >= 15 is 0 Å². The monoisotopic (exact) mass is 448 g/mol. The number of nitrogens with zero attached hydrogens (tertiary/aromatic N) is 4. The molecule has 0 radical (unpaired) electrons. The van der Waals surface area contributed by atoms with Gasteiger partial charge in [0.2, 0.25) is 5.91 Å². The summed E-state index contributed by atoms with van der Waals surface area (Å²) in [4.78, 5) is 15.0. The van der Waals surface area contributed by atoms with E-state index in [2.05, 4.69) is 10.2 Å². The average molecular weight is 449 g/mol. The van der Waals surface area contributed by atoms with E-state index in [0.717, 1.165) is 10.7 Å². The van der Waals surface area contributed by atoms with Crippen molar-refractivity contribution in [2.45, 2.75) is 24.5 Å². The lowest BCUT2D eigenvalue weighted by atomic mass is 10.1. The highest BCUT2D eigenvalue weighted by atomic mass is 35.5. The Balaban J connectivity index is 1.52. The van der Waals surface area contributed by atoms with Gasteiger partial charge in [0.15, 0.2) is 15.0 Å². The molecule has 1 fully saturated rings. The number of thioether (sulfide) groups is 1. The molecule has 2 aromatic rings. The van der Waals surface area contributed by atoms with Crippen molar-refractivity contribution in [2.75, 3.05) is 24.3 Å². The third-order valence-corrected chi connectivity index (χ3v) is 8.55. The maximum Gasteiger partial charge on any atom is 0.233 e. The minimum atomic E-state index is -2.90. The molecule has 7 nitrogen and oxygen atoms in total. The Morgan fingerprint density at radius 1 is 1.44 bits per heavy atom. The van der Waals surface area contributed by atoms with Crippen LogP contribution in [0.25, 0.3) is 0 Å². The summed E-state index contributed by atoms with van der Waals surface area (Å²) in [5.74, 6) is 1.59. The van der Waals surface area contributed by atoms with Crippen LogP contribution in [0.5, 0.6) is 0 Å². The molecule has 1 aliphatic rings. The Morgan fingerprint density at radius 3 is 2.85 bits per heavy atom. The van der Waals surface area contributed by atoms with Crippen LogP contribution in [0.4, 0.5) is 0 Å². The quantitative estimate of drug-likeness (QED) is 0.604. The van der Waals surface area contributed by atoms with E-state index in [1.54, 1.807) is 11.9 Å². The van der Waals surface area contributed by atoms with Crippen LogP contribution in [0.15, 0.2) is 17.3 Å². The number of aromatic nitrogens is 3. The number of hydrogen-bond acceptors (Lipinski definition) is 7. The highest BCUT2D eigenvalue weighted by molar-refractivity contribution is 7.99. The molecule has 0 saturated carbocycles. The second-order valence-electron chi connectivity index (χ2n) is 6.68. The molecule has 148 valence electrons. The smallest absolute Gasteiger partial charge is 0.233 e. The topological polar surface area (TPSA) is 85.2 Å². The second kappa shape index (κ2) is 8.50.